The standard InChI is InChI=1S/C18H21NO/c1-13-6-4-5-7-16(13)17(20)14-8-10-15(11-9-14)18(2,3)12-19/h4-11H,12,19H2,1-3H3. The predicted octanol–water partition coefficient (Wildman–Crippen LogP) is 3.46. The molecule has 20 heavy (non-hydrogen) atoms. The molecule has 0 aromatic heterocycles. The topological polar surface area (TPSA) is 43.1 Å². The van der Waals surface area contributed by atoms with Gasteiger partial charge in [0.1, 0.15) is 0 Å². The highest BCUT2D eigenvalue weighted by molar-refractivity contribution is 6.09. The molecule has 104 valence electrons. The van der Waals surface area contributed by atoms with E-state index in [1.807, 2.05) is 55.5 Å². The maximum absolute atomic E-state index is 12.5. The number of carbonyl (C=O) groups excluding carboxylic acids is 1. The third-order valence-electron chi connectivity index (χ3n) is 3.83. The first kappa shape index (κ1) is 14.5. The van der Waals surface area contributed by atoms with Gasteiger partial charge in [-0.3, -0.25) is 4.79 Å². The Bertz CT molecular complexity index is 612. The number of carbonyl (C=O) groups is 1. The summed E-state index contributed by atoms with van der Waals surface area (Å²) >= 11 is 0. The van der Waals surface area contributed by atoms with Crippen molar-refractivity contribution in [3.8, 4) is 0 Å². The van der Waals surface area contributed by atoms with E-state index in [0.717, 1.165) is 22.3 Å². The van der Waals surface area contributed by atoms with E-state index in [9.17, 15) is 4.79 Å². The monoisotopic (exact) mass is 267 g/mol. The first-order chi connectivity index (χ1) is 9.45. The number of rotatable bonds is 4. The molecule has 0 atom stereocenters. The smallest absolute Gasteiger partial charge is 0.193 e. The zero-order valence-corrected chi connectivity index (χ0v) is 12.3. The molecular formula is C18H21NO. The highest BCUT2D eigenvalue weighted by atomic mass is 16.1. The van der Waals surface area contributed by atoms with Crippen molar-refractivity contribution >= 4 is 5.78 Å². The Hall–Kier alpha value is -1.93. The van der Waals surface area contributed by atoms with Gasteiger partial charge in [0.05, 0.1) is 0 Å². The zero-order valence-electron chi connectivity index (χ0n) is 12.3. The normalized spacial score (nSPS) is 11.4. The van der Waals surface area contributed by atoms with Crippen molar-refractivity contribution in [3.63, 3.8) is 0 Å². The molecule has 2 N–H and O–H groups in total. The average molecular weight is 267 g/mol. The van der Waals surface area contributed by atoms with Gasteiger partial charge in [0.25, 0.3) is 0 Å². The fraction of sp³-hybridized carbons (Fsp3) is 0.278. The average Bonchev–Trinajstić information content (AvgIpc) is 2.47. The second-order valence-corrected chi connectivity index (χ2v) is 5.81. The first-order valence-corrected chi connectivity index (χ1v) is 6.86. The van der Waals surface area contributed by atoms with Crippen molar-refractivity contribution in [2.75, 3.05) is 6.54 Å². The molecule has 0 amide bonds. The summed E-state index contributed by atoms with van der Waals surface area (Å²) in [4.78, 5) is 12.5. The molecule has 0 saturated carbocycles. The van der Waals surface area contributed by atoms with Gasteiger partial charge in [-0.1, -0.05) is 62.4 Å². The van der Waals surface area contributed by atoms with Crippen LogP contribution in [0.25, 0.3) is 0 Å². The molecule has 2 heteroatoms. The van der Waals surface area contributed by atoms with E-state index in [2.05, 4.69) is 13.8 Å². The molecule has 0 radical (unpaired) electrons. The van der Waals surface area contributed by atoms with Crippen LogP contribution in [0.3, 0.4) is 0 Å². The SMILES string of the molecule is Cc1ccccc1C(=O)c1ccc(C(C)(C)CN)cc1. The molecular weight excluding hydrogens is 246 g/mol. The van der Waals surface area contributed by atoms with Crippen LogP contribution in [0.1, 0.15) is 40.9 Å². The number of aryl methyl sites for hydroxylation is 1. The number of hydrogen-bond donors (Lipinski definition) is 1. The lowest BCUT2D eigenvalue weighted by Crippen LogP contribution is -2.28. The Balaban J connectivity index is 2.32. The molecule has 0 heterocycles. The molecule has 0 bridgehead atoms. The molecule has 0 aliphatic carbocycles. The van der Waals surface area contributed by atoms with Gasteiger partial charge >= 0.3 is 0 Å². The van der Waals surface area contributed by atoms with Crippen molar-refractivity contribution in [2.45, 2.75) is 26.2 Å². The third-order valence-corrected chi connectivity index (χ3v) is 3.83. The molecule has 0 saturated heterocycles. The largest absolute Gasteiger partial charge is 0.330 e. The number of hydrogen-bond acceptors (Lipinski definition) is 2. The van der Waals surface area contributed by atoms with E-state index >= 15 is 0 Å². The van der Waals surface area contributed by atoms with Crippen LogP contribution in [0.2, 0.25) is 0 Å². The Morgan fingerprint density at radius 1 is 1.05 bits per heavy atom. The highest BCUT2D eigenvalue weighted by Gasteiger charge is 2.19. The summed E-state index contributed by atoms with van der Waals surface area (Å²) in [6.45, 7) is 6.74. The lowest BCUT2D eigenvalue weighted by atomic mass is 9.84. The lowest BCUT2D eigenvalue weighted by molar-refractivity contribution is 0.103. The minimum atomic E-state index is -0.0652. The van der Waals surface area contributed by atoms with Crippen LogP contribution in [0.5, 0.6) is 0 Å². The zero-order chi connectivity index (χ0) is 14.8. The van der Waals surface area contributed by atoms with Gasteiger partial charge in [0.2, 0.25) is 0 Å². The summed E-state index contributed by atoms with van der Waals surface area (Å²) in [5.41, 5.74) is 9.35. The van der Waals surface area contributed by atoms with Crippen LogP contribution in [0.4, 0.5) is 0 Å². The quantitative estimate of drug-likeness (QED) is 0.862. The second kappa shape index (κ2) is 5.59. The fourth-order valence-corrected chi connectivity index (χ4v) is 2.17. The molecule has 0 aliphatic heterocycles. The van der Waals surface area contributed by atoms with Crippen LogP contribution >= 0.6 is 0 Å². The van der Waals surface area contributed by atoms with E-state index < -0.39 is 0 Å². The Morgan fingerprint density at radius 2 is 1.65 bits per heavy atom. The van der Waals surface area contributed by atoms with Crippen molar-refractivity contribution in [3.05, 3.63) is 70.8 Å². The maximum atomic E-state index is 12.5. The Morgan fingerprint density at radius 3 is 2.20 bits per heavy atom. The number of benzene rings is 2. The fourth-order valence-electron chi connectivity index (χ4n) is 2.17. The van der Waals surface area contributed by atoms with Gasteiger partial charge in [-0.15, -0.1) is 0 Å². The minimum Gasteiger partial charge on any atom is -0.330 e. The van der Waals surface area contributed by atoms with E-state index in [1.54, 1.807) is 0 Å². The Kier molecular flexibility index (Phi) is 4.05. The molecule has 0 unspecified atom stereocenters. The van der Waals surface area contributed by atoms with E-state index in [1.165, 1.54) is 0 Å². The van der Waals surface area contributed by atoms with Gasteiger partial charge in [-0.05, 0) is 18.1 Å². The lowest BCUT2D eigenvalue weighted by Gasteiger charge is -2.23. The van der Waals surface area contributed by atoms with Crippen LogP contribution in [0, 0.1) is 6.92 Å². The van der Waals surface area contributed by atoms with Crippen molar-refractivity contribution < 1.29 is 4.79 Å². The summed E-state index contributed by atoms with van der Waals surface area (Å²) in [5.74, 6) is 0.0696. The van der Waals surface area contributed by atoms with Gasteiger partial charge in [0, 0.05) is 23.1 Å². The minimum absolute atomic E-state index is 0.0652. The van der Waals surface area contributed by atoms with Crippen molar-refractivity contribution in [1.29, 1.82) is 0 Å². The van der Waals surface area contributed by atoms with Crippen LogP contribution in [-0.2, 0) is 5.41 Å². The molecule has 0 spiro atoms. The molecule has 2 rings (SSSR count). The first-order valence-electron chi connectivity index (χ1n) is 6.86. The van der Waals surface area contributed by atoms with Crippen LogP contribution in [-0.4, -0.2) is 12.3 Å². The van der Waals surface area contributed by atoms with E-state index in [4.69, 9.17) is 5.73 Å². The second-order valence-electron chi connectivity index (χ2n) is 5.81. The maximum Gasteiger partial charge on any atom is 0.193 e. The molecule has 2 aromatic rings. The molecule has 2 aromatic carbocycles. The van der Waals surface area contributed by atoms with Gasteiger partial charge in [0.15, 0.2) is 5.78 Å². The molecule has 2 nitrogen and oxygen atoms in total. The Labute approximate surface area is 120 Å². The third kappa shape index (κ3) is 2.81. The summed E-state index contributed by atoms with van der Waals surface area (Å²) in [7, 11) is 0. The summed E-state index contributed by atoms with van der Waals surface area (Å²) in [6.07, 6.45) is 0. The van der Waals surface area contributed by atoms with Gasteiger partial charge in [-0.2, -0.15) is 0 Å². The van der Waals surface area contributed by atoms with Crippen molar-refractivity contribution in [1.82, 2.24) is 0 Å². The van der Waals surface area contributed by atoms with Crippen LogP contribution < -0.4 is 5.73 Å². The molecule has 0 fully saturated rings. The van der Waals surface area contributed by atoms with Crippen LogP contribution in [0.15, 0.2) is 48.5 Å². The summed E-state index contributed by atoms with van der Waals surface area (Å²) in [5, 5.41) is 0. The highest BCUT2D eigenvalue weighted by Crippen LogP contribution is 2.23. The van der Waals surface area contributed by atoms with Gasteiger partial charge < -0.3 is 5.73 Å². The van der Waals surface area contributed by atoms with E-state index in [0.29, 0.717) is 6.54 Å². The van der Waals surface area contributed by atoms with Gasteiger partial charge in [-0.25, -0.2) is 0 Å². The predicted molar refractivity (Wildman–Crippen MR) is 83.1 cm³/mol. The summed E-state index contributed by atoms with van der Waals surface area (Å²) < 4.78 is 0. The van der Waals surface area contributed by atoms with E-state index in [-0.39, 0.29) is 11.2 Å². The summed E-state index contributed by atoms with van der Waals surface area (Å²) in [6, 6.07) is 15.4. The van der Waals surface area contributed by atoms with Crippen molar-refractivity contribution in [2.24, 2.45) is 5.73 Å². The molecule has 0 aliphatic rings. The number of nitrogens with two attached hydrogens (primary N) is 1. The number of ketones is 1.